The van der Waals surface area contributed by atoms with Gasteiger partial charge in [-0.3, -0.25) is 9.59 Å². The number of thiophene rings is 1. The Morgan fingerprint density at radius 2 is 2.15 bits per heavy atom. The van der Waals surface area contributed by atoms with Crippen molar-refractivity contribution in [3.05, 3.63) is 74.8 Å². The summed E-state index contributed by atoms with van der Waals surface area (Å²) in [6.07, 6.45) is 3.01. The molecular weight excluding hydrogens is 460 g/mol. The number of carbonyl (C=O) groups excluding carboxylic acids is 2. The maximum Gasteiger partial charge on any atom is 0.290 e. The number of rotatable bonds is 8. The fourth-order valence-corrected chi connectivity index (χ4v) is 5.14. The van der Waals surface area contributed by atoms with Crippen molar-refractivity contribution in [3.63, 3.8) is 0 Å². The van der Waals surface area contributed by atoms with Crippen LogP contribution in [0, 0.1) is 6.92 Å². The first-order valence-corrected chi connectivity index (χ1v) is 12.3. The van der Waals surface area contributed by atoms with Gasteiger partial charge in [-0.05, 0) is 72.7 Å². The van der Waals surface area contributed by atoms with Gasteiger partial charge in [-0.2, -0.15) is 0 Å². The van der Waals surface area contributed by atoms with Crippen molar-refractivity contribution in [3.8, 4) is 5.75 Å². The quantitative estimate of drug-likeness (QED) is 0.430. The third-order valence-electron chi connectivity index (χ3n) is 5.79. The number of hydrogen-bond acceptors (Lipinski definition) is 5. The van der Waals surface area contributed by atoms with E-state index in [1.807, 2.05) is 36.9 Å². The summed E-state index contributed by atoms with van der Waals surface area (Å²) < 4.78 is 11.4. The van der Waals surface area contributed by atoms with Crippen LogP contribution >= 0.6 is 22.9 Å². The fraction of sp³-hybridized carbons (Fsp3) is 0.360. The summed E-state index contributed by atoms with van der Waals surface area (Å²) in [4.78, 5) is 31.0. The number of hydrogen-bond donors (Lipinski definition) is 0. The second-order valence-corrected chi connectivity index (χ2v) is 9.49. The van der Waals surface area contributed by atoms with Gasteiger partial charge in [-0.15, -0.1) is 11.3 Å². The van der Waals surface area contributed by atoms with Gasteiger partial charge in [0, 0.05) is 23.0 Å². The molecule has 1 unspecified atom stereocenters. The molecule has 0 radical (unpaired) electrons. The van der Waals surface area contributed by atoms with Gasteiger partial charge >= 0.3 is 0 Å². The van der Waals surface area contributed by atoms with Crippen molar-refractivity contribution in [2.75, 3.05) is 26.2 Å². The molecule has 0 N–H and O–H groups in total. The average molecular weight is 487 g/mol. The molecule has 0 aliphatic carbocycles. The lowest BCUT2D eigenvalue weighted by atomic mass is 10.0. The molecule has 0 saturated carbocycles. The van der Waals surface area contributed by atoms with E-state index in [-0.39, 0.29) is 30.2 Å². The lowest BCUT2D eigenvalue weighted by Crippen LogP contribution is -2.48. The molecule has 0 spiro atoms. The molecule has 1 atom stereocenters. The molecular formula is C25H27ClN2O4S. The van der Waals surface area contributed by atoms with E-state index in [9.17, 15) is 9.59 Å². The van der Waals surface area contributed by atoms with Crippen molar-refractivity contribution in [1.29, 1.82) is 0 Å². The molecule has 8 heteroatoms. The summed E-state index contributed by atoms with van der Waals surface area (Å²) >= 11 is 7.84. The molecule has 0 fully saturated rings. The Morgan fingerprint density at radius 3 is 2.88 bits per heavy atom. The second kappa shape index (κ2) is 10.4. The van der Waals surface area contributed by atoms with E-state index in [4.69, 9.17) is 20.8 Å². The van der Waals surface area contributed by atoms with Crippen LogP contribution in [0.25, 0.3) is 0 Å². The lowest BCUT2D eigenvalue weighted by molar-refractivity contribution is -0.135. The van der Waals surface area contributed by atoms with Gasteiger partial charge in [0.1, 0.15) is 18.9 Å². The van der Waals surface area contributed by atoms with Crippen LogP contribution in [0.3, 0.4) is 0 Å². The summed E-state index contributed by atoms with van der Waals surface area (Å²) in [5.41, 5.74) is 2.05. The molecule has 3 aromatic rings. The maximum atomic E-state index is 13.4. The predicted octanol–water partition coefficient (Wildman–Crippen LogP) is 5.36. The van der Waals surface area contributed by atoms with Gasteiger partial charge in [0.05, 0.1) is 12.3 Å². The number of fused-ring (bicyclic) bond motifs is 1. The zero-order chi connectivity index (χ0) is 23.4. The number of benzene rings is 1. The second-order valence-electron chi connectivity index (χ2n) is 8.08. The summed E-state index contributed by atoms with van der Waals surface area (Å²) in [6.45, 7) is 5.32. The molecule has 0 saturated heterocycles. The number of halogens is 1. The van der Waals surface area contributed by atoms with Crippen LogP contribution in [0.1, 0.15) is 45.9 Å². The van der Waals surface area contributed by atoms with Crippen LogP contribution in [0.15, 0.2) is 52.5 Å². The van der Waals surface area contributed by atoms with E-state index in [2.05, 4.69) is 11.4 Å². The van der Waals surface area contributed by atoms with Crippen LogP contribution in [-0.2, 0) is 11.2 Å². The minimum Gasteiger partial charge on any atom is -0.491 e. The van der Waals surface area contributed by atoms with Crippen LogP contribution < -0.4 is 4.74 Å². The number of furan rings is 1. The summed E-state index contributed by atoms with van der Waals surface area (Å²) in [5, 5.41) is 2.75. The van der Waals surface area contributed by atoms with Crippen molar-refractivity contribution >= 4 is 34.8 Å². The highest BCUT2D eigenvalue weighted by molar-refractivity contribution is 7.10. The molecule has 0 bridgehead atoms. The Morgan fingerprint density at radius 1 is 1.30 bits per heavy atom. The van der Waals surface area contributed by atoms with Crippen molar-refractivity contribution in [2.45, 2.75) is 32.7 Å². The molecule has 174 valence electrons. The van der Waals surface area contributed by atoms with E-state index in [0.29, 0.717) is 30.5 Å². The first-order chi connectivity index (χ1) is 16.0. The summed E-state index contributed by atoms with van der Waals surface area (Å²) in [7, 11) is 0. The molecule has 1 aliphatic rings. The maximum absolute atomic E-state index is 13.4. The van der Waals surface area contributed by atoms with Gasteiger partial charge in [0.2, 0.25) is 5.91 Å². The largest absolute Gasteiger partial charge is 0.491 e. The third kappa shape index (κ3) is 5.25. The summed E-state index contributed by atoms with van der Waals surface area (Å²) in [6, 6.07) is 10.7. The highest BCUT2D eigenvalue weighted by atomic mass is 35.5. The van der Waals surface area contributed by atoms with Crippen LogP contribution in [-0.4, -0.2) is 47.9 Å². The number of amides is 2. The fourth-order valence-electron chi connectivity index (χ4n) is 4.09. The van der Waals surface area contributed by atoms with Gasteiger partial charge in [0.25, 0.3) is 5.91 Å². The predicted molar refractivity (Wildman–Crippen MR) is 129 cm³/mol. The van der Waals surface area contributed by atoms with E-state index in [0.717, 1.165) is 24.0 Å². The number of ether oxygens (including phenoxy) is 1. The number of nitrogens with zero attached hydrogens (tertiary/aromatic N) is 2. The van der Waals surface area contributed by atoms with E-state index < -0.39 is 0 Å². The average Bonchev–Trinajstić information content (AvgIpc) is 3.51. The Kier molecular flexibility index (Phi) is 7.40. The highest BCUT2D eigenvalue weighted by Gasteiger charge is 2.33. The van der Waals surface area contributed by atoms with Gasteiger partial charge in [0.15, 0.2) is 5.76 Å². The molecule has 4 rings (SSSR count). The number of carbonyl (C=O) groups is 2. The van der Waals surface area contributed by atoms with Crippen molar-refractivity contribution in [2.24, 2.45) is 0 Å². The monoisotopic (exact) mass is 486 g/mol. The molecule has 6 nitrogen and oxygen atoms in total. The van der Waals surface area contributed by atoms with Crippen LogP contribution in [0.5, 0.6) is 5.75 Å². The minimum atomic E-state index is -0.270. The summed E-state index contributed by atoms with van der Waals surface area (Å²) in [5.74, 6) is 0.592. The molecule has 2 amide bonds. The zero-order valence-electron chi connectivity index (χ0n) is 18.8. The normalized spacial score (nSPS) is 15.2. The van der Waals surface area contributed by atoms with E-state index in [1.165, 1.54) is 11.1 Å². The Labute approximate surface area is 202 Å². The van der Waals surface area contributed by atoms with Crippen LogP contribution in [0.4, 0.5) is 0 Å². The molecule has 33 heavy (non-hydrogen) atoms. The molecule has 1 aliphatic heterocycles. The van der Waals surface area contributed by atoms with Gasteiger partial charge in [-0.25, -0.2) is 0 Å². The van der Waals surface area contributed by atoms with Crippen LogP contribution in [0.2, 0.25) is 5.02 Å². The molecule has 2 aromatic heterocycles. The first-order valence-electron chi connectivity index (χ1n) is 11.1. The smallest absolute Gasteiger partial charge is 0.290 e. The topological polar surface area (TPSA) is 63.0 Å². The van der Waals surface area contributed by atoms with Gasteiger partial charge in [-0.1, -0.05) is 18.5 Å². The first kappa shape index (κ1) is 23.4. The third-order valence-corrected chi connectivity index (χ3v) is 7.21. The molecule has 3 heterocycles. The Hall–Kier alpha value is -2.77. The minimum absolute atomic E-state index is 0.00337. The van der Waals surface area contributed by atoms with Gasteiger partial charge < -0.3 is 19.0 Å². The van der Waals surface area contributed by atoms with Crippen molar-refractivity contribution < 1.29 is 18.7 Å². The SMILES string of the molecule is CCCN(CC(=O)N1CCc2sccc2C1COc1ccc(Cl)c(C)c1)C(=O)c1ccco1. The van der Waals surface area contributed by atoms with E-state index >= 15 is 0 Å². The van der Waals surface area contributed by atoms with E-state index in [1.54, 1.807) is 28.4 Å². The molecule has 1 aromatic carbocycles. The Balaban J connectivity index is 1.51. The number of aryl methyl sites for hydroxylation is 1. The standard InChI is InChI=1S/C25H27ClN2O4S/c1-3-10-27(25(30)22-5-4-12-31-22)15-24(29)28-11-8-23-19(9-13-33-23)21(28)16-32-18-6-7-20(26)17(2)14-18/h4-7,9,12-14,21H,3,8,10-11,15-16H2,1-2H3. The Bertz CT molecular complexity index is 1110. The van der Waals surface area contributed by atoms with Crippen molar-refractivity contribution in [1.82, 2.24) is 9.80 Å². The highest BCUT2D eigenvalue weighted by Crippen LogP contribution is 2.34. The zero-order valence-corrected chi connectivity index (χ0v) is 20.3. The lowest BCUT2D eigenvalue weighted by Gasteiger charge is -2.37.